The number of nitrogens with zero attached hydrogens (tertiary/aromatic N) is 1. The van der Waals surface area contributed by atoms with Gasteiger partial charge in [-0.05, 0) is 39.0 Å². The maximum absolute atomic E-state index is 5.98. The molecule has 1 aromatic carbocycles. The molecule has 0 aliphatic heterocycles. The zero-order valence-electron chi connectivity index (χ0n) is 14.1. The molecule has 120 valence electrons. The fraction of sp³-hybridized carbons (Fsp3) is 0.647. The van der Waals surface area contributed by atoms with E-state index in [9.17, 15) is 0 Å². The van der Waals surface area contributed by atoms with E-state index < -0.39 is 0 Å². The van der Waals surface area contributed by atoms with E-state index in [2.05, 4.69) is 44.2 Å². The molecule has 0 unspecified atom stereocenters. The topological polar surface area (TPSA) is 33.7 Å². The van der Waals surface area contributed by atoms with Crippen LogP contribution in [0.15, 0.2) is 18.2 Å². The first-order valence-electron chi connectivity index (χ1n) is 7.68. The van der Waals surface area contributed by atoms with E-state index in [-0.39, 0.29) is 0 Å². The van der Waals surface area contributed by atoms with E-state index >= 15 is 0 Å². The highest BCUT2D eigenvalue weighted by atomic mass is 16.5. The molecule has 1 rings (SSSR count). The van der Waals surface area contributed by atoms with E-state index in [1.165, 1.54) is 0 Å². The van der Waals surface area contributed by atoms with E-state index in [0.717, 1.165) is 43.1 Å². The van der Waals surface area contributed by atoms with Gasteiger partial charge in [-0.15, -0.1) is 0 Å². The maximum Gasteiger partial charge on any atom is 0.165 e. The van der Waals surface area contributed by atoms with Gasteiger partial charge in [0.1, 0.15) is 0 Å². The number of rotatable bonds is 10. The molecule has 1 aromatic rings. The van der Waals surface area contributed by atoms with Gasteiger partial charge < -0.3 is 19.7 Å². The number of benzene rings is 1. The minimum Gasteiger partial charge on any atom is -0.493 e. The Morgan fingerprint density at radius 1 is 1.24 bits per heavy atom. The van der Waals surface area contributed by atoms with Crippen LogP contribution in [0.25, 0.3) is 0 Å². The van der Waals surface area contributed by atoms with Crippen LogP contribution in [0.4, 0.5) is 0 Å². The summed E-state index contributed by atoms with van der Waals surface area (Å²) in [4.78, 5) is 2.16. The number of hydrogen-bond acceptors (Lipinski definition) is 4. The first-order valence-corrected chi connectivity index (χ1v) is 7.68. The molecule has 21 heavy (non-hydrogen) atoms. The molecule has 0 aromatic heterocycles. The van der Waals surface area contributed by atoms with Crippen molar-refractivity contribution in [2.24, 2.45) is 5.92 Å². The largest absolute Gasteiger partial charge is 0.493 e. The van der Waals surface area contributed by atoms with Gasteiger partial charge in [-0.1, -0.05) is 26.0 Å². The van der Waals surface area contributed by atoms with Crippen LogP contribution in [0.3, 0.4) is 0 Å². The van der Waals surface area contributed by atoms with Crippen LogP contribution in [0, 0.1) is 5.92 Å². The second-order valence-electron chi connectivity index (χ2n) is 5.98. The summed E-state index contributed by atoms with van der Waals surface area (Å²) in [5, 5.41) is 3.46. The first-order chi connectivity index (χ1) is 10.0. The third-order valence-electron chi connectivity index (χ3n) is 3.14. The van der Waals surface area contributed by atoms with Gasteiger partial charge in [0.25, 0.3) is 0 Å². The average Bonchev–Trinajstić information content (AvgIpc) is 2.43. The summed E-state index contributed by atoms with van der Waals surface area (Å²) >= 11 is 0. The summed E-state index contributed by atoms with van der Waals surface area (Å²) < 4.78 is 11.4. The number of nitrogens with one attached hydrogen (secondary N) is 1. The monoisotopic (exact) mass is 294 g/mol. The van der Waals surface area contributed by atoms with E-state index in [1.54, 1.807) is 7.11 Å². The van der Waals surface area contributed by atoms with Crippen LogP contribution in [-0.4, -0.2) is 45.8 Å². The van der Waals surface area contributed by atoms with Crippen LogP contribution in [-0.2, 0) is 6.54 Å². The predicted molar refractivity (Wildman–Crippen MR) is 88.2 cm³/mol. The van der Waals surface area contributed by atoms with E-state index in [0.29, 0.717) is 12.5 Å². The molecule has 0 spiro atoms. The molecular formula is C17H30N2O2. The lowest BCUT2D eigenvalue weighted by Crippen LogP contribution is -2.20. The summed E-state index contributed by atoms with van der Waals surface area (Å²) in [6.45, 7) is 7.94. The Morgan fingerprint density at radius 3 is 2.62 bits per heavy atom. The Kier molecular flexibility index (Phi) is 8.16. The molecule has 0 aliphatic carbocycles. The van der Waals surface area contributed by atoms with Crippen LogP contribution < -0.4 is 14.8 Å². The van der Waals surface area contributed by atoms with Gasteiger partial charge in [-0.3, -0.25) is 0 Å². The van der Waals surface area contributed by atoms with Gasteiger partial charge >= 0.3 is 0 Å². The lowest BCUT2D eigenvalue weighted by atomic mass is 10.1. The minimum absolute atomic E-state index is 0.639. The fourth-order valence-electron chi connectivity index (χ4n) is 2.08. The molecule has 0 radical (unpaired) electrons. The van der Waals surface area contributed by atoms with Crippen molar-refractivity contribution in [1.29, 1.82) is 0 Å². The van der Waals surface area contributed by atoms with Crippen molar-refractivity contribution in [3.05, 3.63) is 23.8 Å². The van der Waals surface area contributed by atoms with Crippen molar-refractivity contribution in [2.45, 2.75) is 26.8 Å². The normalized spacial score (nSPS) is 11.2. The maximum atomic E-state index is 5.98. The van der Waals surface area contributed by atoms with Gasteiger partial charge in [0, 0.05) is 18.7 Å². The van der Waals surface area contributed by atoms with Crippen LogP contribution in [0.5, 0.6) is 11.5 Å². The van der Waals surface area contributed by atoms with Crippen LogP contribution >= 0.6 is 0 Å². The van der Waals surface area contributed by atoms with Crippen LogP contribution in [0.1, 0.15) is 25.8 Å². The zero-order valence-corrected chi connectivity index (χ0v) is 14.1. The molecule has 0 amide bonds. The van der Waals surface area contributed by atoms with Crippen LogP contribution in [0.2, 0.25) is 0 Å². The van der Waals surface area contributed by atoms with Gasteiger partial charge in [0.2, 0.25) is 0 Å². The number of methoxy groups -OCH3 is 1. The van der Waals surface area contributed by atoms with Gasteiger partial charge in [-0.25, -0.2) is 0 Å². The average molecular weight is 294 g/mol. The predicted octanol–water partition coefficient (Wildman–Crippen LogP) is 2.77. The molecule has 0 fully saturated rings. The highest BCUT2D eigenvalue weighted by Crippen LogP contribution is 2.31. The molecule has 4 heteroatoms. The lowest BCUT2D eigenvalue weighted by molar-refractivity contribution is 0.265. The smallest absolute Gasteiger partial charge is 0.165 e. The quantitative estimate of drug-likeness (QED) is 0.673. The van der Waals surface area contributed by atoms with Gasteiger partial charge in [0.15, 0.2) is 11.5 Å². The first kappa shape index (κ1) is 17.8. The third kappa shape index (κ3) is 6.82. The van der Waals surface area contributed by atoms with Gasteiger partial charge in [0.05, 0.1) is 13.7 Å². The zero-order chi connectivity index (χ0) is 15.7. The molecule has 0 saturated carbocycles. The summed E-state index contributed by atoms with van der Waals surface area (Å²) in [6.07, 6.45) is 1.00. The molecule has 0 atom stereocenters. The highest BCUT2D eigenvalue weighted by molar-refractivity contribution is 5.46. The number of para-hydroxylation sites is 1. The number of hydrogen-bond donors (Lipinski definition) is 1. The summed E-state index contributed by atoms with van der Waals surface area (Å²) in [7, 11) is 5.84. The lowest BCUT2D eigenvalue weighted by Gasteiger charge is -2.17. The Balaban J connectivity index is 2.64. The molecule has 0 bridgehead atoms. The Hall–Kier alpha value is -1.26. The second kappa shape index (κ2) is 9.64. The number of ether oxygens (including phenoxy) is 2. The van der Waals surface area contributed by atoms with E-state index in [4.69, 9.17) is 9.47 Å². The molecular weight excluding hydrogens is 264 g/mol. The standard InChI is InChI=1S/C17H30N2O2/c1-14(2)12-18-13-15-8-6-9-16(20-5)17(15)21-11-7-10-19(3)4/h6,8-9,14,18H,7,10-13H2,1-5H3. The molecule has 0 saturated heterocycles. The second-order valence-corrected chi connectivity index (χ2v) is 5.98. The van der Waals surface area contributed by atoms with Gasteiger partial charge in [-0.2, -0.15) is 0 Å². The molecule has 1 N–H and O–H groups in total. The summed E-state index contributed by atoms with van der Waals surface area (Å²) in [6, 6.07) is 6.06. The Bertz CT molecular complexity index is 406. The molecule has 0 heterocycles. The summed E-state index contributed by atoms with van der Waals surface area (Å²) in [5.41, 5.74) is 1.15. The highest BCUT2D eigenvalue weighted by Gasteiger charge is 2.10. The Labute approximate surface area is 129 Å². The van der Waals surface area contributed by atoms with Crippen molar-refractivity contribution in [1.82, 2.24) is 10.2 Å². The van der Waals surface area contributed by atoms with Crippen molar-refractivity contribution < 1.29 is 9.47 Å². The Morgan fingerprint density at radius 2 is 2.00 bits per heavy atom. The van der Waals surface area contributed by atoms with Crippen molar-refractivity contribution in [3.63, 3.8) is 0 Å². The van der Waals surface area contributed by atoms with Crippen molar-refractivity contribution >= 4 is 0 Å². The molecule has 4 nitrogen and oxygen atoms in total. The molecule has 0 aliphatic rings. The van der Waals surface area contributed by atoms with Crippen molar-refractivity contribution in [3.8, 4) is 11.5 Å². The van der Waals surface area contributed by atoms with Crippen molar-refractivity contribution in [2.75, 3.05) is 40.9 Å². The fourth-order valence-corrected chi connectivity index (χ4v) is 2.08. The third-order valence-corrected chi connectivity index (χ3v) is 3.14. The SMILES string of the molecule is COc1cccc(CNCC(C)C)c1OCCCN(C)C. The summed E-state index contributed by atoms with van der Waals surface area (Å²) in [5.74, 6) is 2.32. The minimum atomic E-state index is 0.639. The van der Waals surface area contributed by atoms with E-state index in [1.807, 2.05) is 12.1 Å².